The number of aromatic hydroxyl groups is 2. The van der Waals surface area contributed by atoms with E-state index in [-0.39, 0.29) is 15.8 Å². The number of morpholine rings is 1. The van der Waals surface area contributed by atoms with Crippen LogP contribution in [0.1, 0.15) is 11.7 Å². The van der Waals surface area contributed by atoms with Crippen molar-refractivity contribution in [3.8, 4) is 11.5 Å². The molecule has 0 saturated carbocycles. The zero-order valence-corrected chi connectivity index (χ0v) is 9.92. The zero-order chi connectivity index (χ0) is 11.7. The van der Waals surface area contributed by atoms with Crippen LogP contribution in [0.4, 0.5) is 4.39 Å². The second kappa shape index (κ2) is 4.57. The number of hydrogen-bond acceptors (Lipinski definition) is 4. The molecule has 0 aromatic heterocycles. The number of benzene rings is 1. The summed E-state index contributed by atoms with van der Waals surface area (Å²) in [7, 11) is 0. The predicted octanol–water partition coefficient (Wildman–Crippen LogP) is 1.66. The number of hydrogen-bond donors (Lipinski definition) is 3. The van der Waals surface area contributed by atoms with Crippen molar-refractivity contribution in [2.45, 2.75) is 6.10 Å². The minimum atomic E-state index is -0.607. The van der Waals surface area contributed by atoms with Gasteiger partial charge in [-0.25, -0.2) is 4.39 Å². The number of rotatable bonds is 1. The third kappa shape index (κ3) is 2.00. The largest absolute Gasteiger partial charge is 0.504 e. The Morgan fingerprint density at radius 2 is 2.25 bits per heavy atom. The molecule has 4 nitrogen and oxygen atoms in total. The summed E-state index contributed by atoms with van der Waals surface area (Å²) in [5, 5.41) is 22.1. The molecule has 1 unspecified atom stereocenters. The van der Waals surface area contributed by atoms with E-state index in [1.54, 1.807) is 0 Å². The van der Waals surface area contributed by atoms with E-state index in [0.717, 1.165) is 6.07 Å². The van der Waals surface area contributed by atoms with Crippen molar-refractivity contribution in [2.75, 3.05) is 19.7 Å². The molecule has 1 atom stereocenters. The molecular formula is C10H11BrFNO3. The average molecular weight is 292 g/mol. The maximum Gasteiger partial charge on any atom is 0.166 e. The van der Waals surface area contributed by atoms with E-state index in [1.165, 1.54) is 0 Å². The molecule has 1 aliphatic rings. The van der Waals surface area contributed by atoms with Crippen molar-refractivity contribution >= 4 is 15.9 Å². The Balaban J connectivity index is 2.45. The van der Waals surface area contributed by atoms with Crippen molar-refractivity contribution < 1.29 is 19.3 Å². The normalized spacial score (nSPS) is 21.0. The van der Waals surface area contributed by atoms with Crippen LogP contribution in [0.2, 0.25) is 0 Å². The first kappa shape index (κ1) is 11.6. The van der Waals surface area contributed by atoms with Crippen LogP contribution in [0.3, 0.4) is 0 Å². The molecule has 3 N–H and O–H groups in total. The van der Waals surface area contributed by atoms with Gasteiger partial charge in [0, 0.05) is 19.2 Å². The number of halogens is 2. The Bertz CT molecular complexity index is 381. The topological polar surface area (TPSA) is 61.7 Å². The Kier molecular flexibility index (Phi) is 3.32. The van der Waals surface area contributed by atoms with Gasteiger partial charge in [-0.1, -0.05) is 0 Å². The van der Waals surface area contributed by atoms with Crippen LogP contribution in [0, 0.1) is 5.82 Å². The van der Waals surface area contributed by atoms with E-state index >= 15 is 0 Å². The summed E-state index contributed by atoms with van der Waals surface area (Å²) in [6.07, 6.45) is -0.586. The molecule has 1 aromatic rings. The van der Waals surface area contributed by atoms with Crippen molar-refractivity contribution in [3.63, 3.8) is 0 Å². The van der Waals surface area contributed by atoms with E-state index in [0.29, 0.717) is 19.7 Å². The van der Waals surface area contributed by atoms with E-state index in [4.69, 9.17) is 4.74 Å². The number of phenols is 2. The smallest absolute Gasteiger partial charge is 0.166 e. The zero-order valence-electron chi connectivity index (χ0n) is 8.33. The van der Waals surface area contributed by atoms with E-state index in [2.05, 4.69) is 21.2 Å². The van der Waals surface area contributed by atoms with Crippen LogP contribution in [-0.4, -0.2) is 29.9 Å². The standard InChI is InChI=1S/C10H11BrFNO3/c11-5-3-6(14)10(15)8(9(5)12)7-4-13-1-2-16-7/h3,7,13-15H,1-2,4H2. The molecule has 0 amide bonds. The van der Waals surface area contributed by atoms with Crippen LogP contribution >= 0.6 is 15.9 Å². The molecule has 1 saturated heterocycles. The van der Waals surface area contributed by atoms with Crippen LogP contribution in [0.5, 0.6) is 11.5 Å². The lowest BCUT2D eigenvalue weighted by Gasteiger charge is -2.25. The van der Waals surface area contributed by atoms with Gasteiger partial charge < -0.3 is 20.3 Å². The lowest BCUT2D eigenvalue weighted by Crippen LogP contribution is -2.33. The Morgan fingerprint density at radius 1 is 1.50 bits per heavy atom. The van der Waals surface area contributed by atoms with Crippen LogP contribution in [0.15, 0.2) is 10.5 Å². The highest BCUT2D eigenvalue weighted by Gasteiger charge is 2.26. The lowest BCUT2D eigenvalue weighted by atomic mass is 10.1. The molecule has 2 rings (SSSR count). The Labute approximate surface area is 100 Å². The summed E-state index contributed by atoms with van der Waals surface area (Å²) in [6, 6.07) is 1.12. The van der Waals surface area contributed by atoms with Crippen LogP contribution in [-0.2, 0) is 4.74 Å². The van der Waals surface area contributed by atoms with Gasteiger partial charge in [0.15, 0.2) is 11.5 Å². The Hall–Kier alpha value is -0.850. The maximum absolute atomic E-state index is 13.8. The fourth-order valence-electron chi connectivity index (χ4n) is 1.67. The van der Waals surface area contributed by atoms with Gasteiger partial charge in [0.05, 0.1) is 16.6 Å². The molecule has 16 heavy (non-hydrogen) atoms. The highest BCUT2D eigenvalue weighted by Crippen LogP contribution is 2.40. The predicted molar refractivity (Wildman–Crippen MR) is 59.0 cm³/mol. The van der Waals surface area contributed by atoms with E-state index in [1.807, 2.05) is 0 Å². The molecular weight excluding hydrogens is 281 g/mol. The molecule has 0 spiro atoms. The number of nitrogens with one attached hydrogen (secondary N) is 1. The second-order valence-corrected chi connectivity index (χ2v) is 4.37. The fraction of sp³-hybridized carbons (Fsp3) is 0.400. The SMILES string of the molecule is Oc1cc(Br)c(F)c(C2CNCCO2)c1O. The molecule has 1 aromatic carbocycles. The highest BCUT2D eigenvalue weighted by atomic mass is 79.9. The van der Waals surface area contributed by atoms with Crippen molar-refractivity contribution in [1.82, 2.24) is 5.32 Å². The van der Waals surface area contributed by atoms with Crippen molar-refractivity contribution in [1.29, 1.82) is 0 Å². The first-order chi connectivity index (χ1) is 7.61. The molecule has 1 aliphatic heterocycles. The minimum absolute atomic E-state index is 0.0147. The molecule has 1 fully saturated rings. The molecule has 0 bridgehead atoms. The summed E-state index contributed by atoms with van der Waals surface area (Å²) >= 11 is 2.98. The van der Waals surface area contributed by atoms with Crippen LogP contribution < -0.4 is 5.32 Å². The van der Waals surface area contributed by atoms with Crippen molar-refractivity contribution in [2.24, 2.45) is 0 Å². The first-order valence-corrected chi connectivity index (χ1v) is 5.62. The fourth-order valence-corrected chi connectivity index (χ4v) is 2.10. The quantitative estimate of drug-likeness (QED) is 0.689. The highest BCUT2D eigenvalue weighted by molar-refractivity contribution is 9.10. The molecule has 0 aliphatic carbocycles. The van der Waals surface area contributed by atoms with Gasteiger partial charge in [-0.15, -0.1) is 0 Å². The monoisotopic (exact) mass is 291 g/mol. The van der Waals surface area contributed by atoms with Gasteiger partial charge in [0.2, 0.25) is 0 Å². The lowest BCUT2D eigenvalue weighted by molar-refractivity contribution is 0.0237. The molecule has 6 heteroatoms. The summed E-state index contributed by atoms with van der Waals surface area (Å²) < 4.78 is 19.2. The maximum atomic E-state index is 13.8. The van der Waals surface area contributed by atoms with E-state index < -0.39 is 17.7 Å². The van der Waals surface area contributed by atoms with Gasteiger partial charge in [0.25, 0.3) is 0 Å². The van der Waals surface area contributed by atoms with Crippen molar-refractivity contribution in [3.05, 3.63) is 21.9 Å². The molecule has 1 heterocycles. The van der Waals surface area contributed by atoms with Gasteiger partial charge in [-0.3, -0.25) is 0 Å². The molecule has 0 radical (unpaired) electrons. The summed E-state index contributed by atoms with van der Waals surface area (Å²) in [4.78, 5) is 0. The second-order valence-electron chi connectivity index (χ2n) is 3.52. The third-order valence-corrected chi connectivity index (χ3v) is 3.03. The molecule has 88 valence electrons. The summed E-state index contributed by atoms with van der Waals surface area (Å²) in [5.41, 5.74) is -0.0147. The third-order valence-electron chi connectivity index (χ3n) is 2.46. The number of phenolic OH excluding ortho intramolecular Hbond substituents is 2. The average Bonchev–Trinajstić information content (AvgIpc) is 2.28. The minimum Gasteiger partial charge on any atom is -0.504 e. The summed E-state index contributed by atoms with van der Waals surface area (Å²) in [6.45, 7) is 1.54. The van der Waals surface area contributed by atoms with Crippen LogP contribution in [0.25, 0.3) is 0 Å². The van der Waals surface area contributed by atoms with E-state index in [9.17, 15) is 14.6 Å². The number of ether oxygens (including phenoxy) is 1. The first-order valence-electron chi connectivity index (χ1n) is 4.83. The van der Waals surface area contributed by atoms with Gasteiger partial charge in [0.1, 0.15) is 11.9 Å². The Morgan fingerprint density at radius 3 is 2.88 bits per heavy atom. The summed E-state index contributed by atoms with van der Waals surface area (Å²) in [5.74, 6) is -1.43. The van der Waals surface area contributed by atoms with Gasteiger partial charge >= 0.3 is 0 Å². The van der Waals surface area contributed by atoms with Gasteiger partial charge in [-0.05, 0) is 15.9 Å². The van der Waals surface area contributed by atoms with Gasteiger partial charge in [-0.2, -0.15) is 0 Å².